The summed E-state index contributed by atoms with van der Waals surface area (Å²) in [5.41, 5.74) is 4.29. The van der Waals surface area contributed by atoms with Crippen LogP contribution in [0.4, 0.5) is 0 Å². The first-order valence-electron chi connectivity index (χ1n) is 14.4. The lowest BCUT2D eigenvalue weighted by atomic mass is 9.95. The fraction of sp³-hybridized carbons (Fsp3) is 0.353. The molecule has 0 saturated carbocycles. The minimum absolute atomic E-state index is 0.0153. The van der Waals surface area contributed by atoms with Crippen molar-refractivity contribution < 1.29 is 14.3 Å². The lowest BCUT2D eigenvalue weighted by Crippen LogP contribution is -2.45. The Morgan fingerprint density at radius 1 is 0.850 bits per heavy atom. The fourth-order valence-electron chi connectivity index (χ4n) is 5.22. The zero-order valence-electron chi connectivity index (χ0n) is 23.9. The van der Waals surface area contributed by atoms with E-state index in [0.29, 0.717) is 32.7 Å². The van der Waals surface area contributed by atoms with Crippen molar-refractivity contribution in [3.63, 3.8) is 0 Å². The van der Waals surface area contributed by atoms with E-state index in [1.54, 1.807) is 4.90 Å². The van der Waals surface area contributed by atoms with Crippen LogP contribution in [-0.2, 0) is 22.6 Å². The first-order valence-corrected chi connectivity index (χ1v) is 14.4. The Kier molecular flexibility index (Phi) is 10.4. The number of carbonyl (C=O) groups excluding carboxylic acids is 2. The van der Waals surface area contributed by atoms with E-state index in [1.165, 1.54) is 10.9 Å². The van der Waals surface area contributed by atoms with E-state index >= 15 is 0 Å². The summed E-state index contributed by atoms with van der Waals surface area (Å²) >= 11 is 0. The monoisotopic (exact) mass is 539 g/mol. The molecule has 0 aliphatic heterocycles. The number of para-hydroxylation sites is 1. The fourth-order valence-corrected chi connectivity index (χ4v) is 5.22. The van der Waals surface area contributed by atoms with Gasteiger partial charge in [-0.15, -0.1) is 0 Å². The Morgan fingerprint density at radius 3 is 2.27 bits per heavy atom. The van der Waals surface area contributed by atoms with Crippen LogP contribution in [0.25, 0.3) is 10.9 Å². The van der Waals surface area contributed by atoms with Gasteiger partial charge in [0.2, 0.25) is 11.8 Å². The number of hydrogen-bond acceptors (Lipinski definition) is 3. The number of fused-ring (bicyclic) bond motifs is 1. The SMILES string of the molecule is CCCN(CC(=O)N(CCc1c[nH]c2ccccc12)Cc1ccc(OCC)cc1)C(=O)C(CC)c1ccccc1. The van der Waals surface area contributed by atoms with Crippen molar-refractivity contribution in [3.05, 3.63) is 102 Å². The molecule has 1 unspecified atom stereocenters. The van der Waals surface area contributed by atoms with Gasteiger partial charge in [-0.2, -0.15) is 0 Å². The van der Waals surface area contributed by atoms with Crippen LogP contribution >= 0.6 is 0 Å². The highest BCUT2D eigenvalue weighted by atomic mass is 16.5. The molecule has 0 saturated heterocycles. The molecule has 3 aromatic carbocycles. The average molecular weight is 540 g/mol. The summed E-state index contributed by atoms with van der Waals surface area (Å²) in [6.07, 6.45) is 4.23. The lowest BCUT2D eigenvalue weighted by molar-refractivity contribution is -0.141. The molecule has 4 rings (SSSR count). The average Bonchev–Trinajstić information content (AvgIpc) is 3.40. The van der Waals surface area contributed by atoms with Gasteiger partial charge in [-0.05, 0) is 61.1 Å². The number of carbonyl (C=O) groups is 2. The number of H-pyrrole nitrogens is 1. The molecular weight excluding hydrogens is 498 g/mol. The topological polar surface area (TPSA) is 65.6 Å². The standard InChI is InChI=1S/C34H41N3O3/c1-4-21-37(34(39)30(5-2)27-12-8-7-9-13-27)25-33(38)36(24-26-16-18-29(19-17-26)40-6-3)22-20-28-23-35-32-15-11-10-14-31(28)32/h7-19,23,30,35H,4-6,20-22,24-25H2,1-3H3. The summed E-state index contributed by atoms with van der Waals surface area (Å²) in [6.45, 7) is 8.29. The molecule has 1 N–H and O–H groups in total. The summed E-state index contributed by atoms with van der Waals surface area (Å²) in [7, 11) is 0. The van der Waals surface area contributed by atoms with Crippen LogP contribution in [0.2, 0.25) is 0 Å². The number of aromatic nitrogens is 1. The van der Waals surface area contributed by atoms with Gasteiger partial charge in [0, 0.05) is 36.7 Å². The summed E-state index contributed by atoms with van der Waals surface area (Å²) < 4.78 is 5.60. The maximum absolute atomic E-state index is 13.9. The van der Waals surface area contributed by atoms with Crippen LogP contribution in [0.5, 0.6) is 5.75 Å². The van der Waals surface area contributed by atoms with Crippen LogP contribution in [0.15, 0.2) is 85.1 Å². The van der Waals surface area contributed by atoms with Crippen molar-refractivity contribution in [1.82, 2.24) is 14.8 Å². The van der Waals surface area contributed by atoms with E-state index in [2.05, 4.69) is 17.1 Å². The number of amides is 2. The first kappa shape index (κ1) is 28.9. The lowest BCUT2D eigenvalue weighted by Gasteiger charge is -2.30. The molecule has 6 heteroatoms. The van der Waals surface area contributed by atoms with Crippen LogP contribution in [0.3, 0.4) is 0 Å². The predicted molar refractivity (Wildman–Crippen MR) is 161 cm³/mol. The van der Waals surface area contributed by atoms with Crippen LogP contribution < -0.4 is 4.74 Å². The van der Waals surface area contributed by atoms with E-state index in [-0.39, 0.29) is 24.3 Å². The van der Waals surface area contributed by atoms with E-state index in [9.17, 15) is 9.59 Å². The van der Waals surface area contributed by atoms with Crippen molar-refractivity contribution in [3.8, 4) is 5.75 Å². The van der Waals surface area contributed by atoms with Gasteiger partial charge in [0.15, 0.2) is 0 Å². The molecule has 1 atom stereocenters. The Bertz CT molecular complexity index is 1360. The highest BCUT2D eigenvalue weighted by Crippen LogP contribution is 2.23. The molecule has 40 heavy (non-hydrogen) atoms. The van der Waals surface area contributed by atoms with Gasteiger partial charge in [-0.3, -0.25) is 9.59 Å². The van der Waals surface area contributed by atoms with E-state index in [0.717, 1.165) is 35.2 Å². The molecule has 0 spiro atoms. The normalized spacial score (nSPS) is 11.8. The van der Waals surface area contributed by atoms with Crippen molar-refractivity contribution in [2.24, 2.45) is 0 Å². The number of hydrogen-bond donors (Lipinski definition) is 1. The molecule has 0 fully saturated rings. The van der Waals surface area contributed by atoms with E-state index in [4.69, 9.17) is 4.74 Å². The highest BCUT2D eigenvalue weighted by molar-refractivity contribution is 5.89. The number of nitrogens with one attached hydrogen (secondary N) is 1. The van der Waals surface area contributed by atoms with Gasteiger partial charge in [0.05, 0.1) is 19.1 Å². The predicted octanol–water partition coefficient (Wildman–Crippen LogP) is 6.57. The van der Waals surface area contributed by atoms with Gasteiger partial charge in [0.1, 0.15) is 5.75 Å². The molecule has 2 amide bonds. The minimum Gasteiger partial charge on any atom is -0.494 e. The molecule has 0 aliphatic rings. The van der Waals surface area contributed by atoms with Gasteiger partial charge in [0.25, 0.3) is 0 Å². The number of rotatable bonds is 14. The van der Waals surface area contributed by atoms with Crippen molar-refractivity contribution >= 4 is 22.7 Å². The van der Waals surface area contributed by atoms with E-state index < -0.39 is 0 Å². The number of nitrogens with zero attached hydrogens (tertiary/aromatic N) is 2. The van der Waals surface area contributed by atoms with Crippen LogP contribution in [0, 0.1) is 0 Å². The van der Waals surface area contributed by atoms with Gasteiger partial charge >= 0.3 is 0 Å². The van der Waals surface area contributed by atoms with E-state index in [1.807, 2.05) is 98.6 Å². The van der Waals surface area contributed by atoms with Crippen molar-refractivity contribution in [1.29, 1.82) is 0 Å². The van der Waals surface area contributed by atoms with Gasteiger partial charge < -0.3 is 19.5 Å². The van der Waals surface area contributed by atoms with Crippen molar-refractivity contribution in [2.75, 3.05) is 26.2 Å². The third-order valence-electron chi connectivity index (χ3n) is 7.33. The Morgan fingerprint density at radius 2 is 1.57 bits per heavy atom. The zero-order valence-corrected chi connectivity index (χ0v) is 23.9. The first-order chi connectivity index (χ1) is 19.5. The Balaban J connectivity index is 1.54. The Hall–Kier alpha value is -4.06. The number of benzene rings is 3. The number of ether oxygens (including phenoxy) is 1. The second-order valence-corrected chi connectivity index (χ2v) is 10.1. The smallest absolute Gasteiger partial charge is 0.242 e. The summed E-state index contributed by atoms with van der Waals surface area (Å²) in [6, 6.07) is 26.0. The summed E-state index contributed by atoms with van der Waals surface area (Å²) in [4.78, 5) is 34.6. The molecule has 6 nitrogen and oxygen atoms in total. The summed E-state index contributed by atoms with van der Waals surface area (Å²) in [5.74, 6) is 0.528. The molecular formula is C34H41N3O3. The van der Waals surface area contributed by atoms with Crippen LogP contribution in [-0.4, -0.2) is 52.8 Å². The van der Waals surface area contributed by atoms with Crippen molar-refractivity contribution in [2.45, 2.75) is 52.5 Å². The molecule has 210 valence electrons. The molecule has 4 aromatic rings. The van der Waals surface area contributed by atoms with Gasteiger partial charge in [-0.25, -0.2) is 0 Å². The molecule has 0 radical (unpaired) electrons. The summed E-state index contributed by atoms with van der Waals surface area (Å²) in [5, 5.41) is 1.17. The Labute approximate surface area is 238 Å². The second kappa shape index (κ2) is 14.4. The molecule has 1 aromatic heterocycles. The second-order valence-electron chi connectivity index (χ2n) is 10.1. The molecule has 1 heterocycles. The maximum atomic E-state index is 13.9. The third-order valence-corrected chi connectivity index (χ3v) is 7.33. The third kappa shape index (κ3) is 7.32. The minimum atomic E-state index is -0.258. The van der Waals surface area contributed by atoms with Gasteiger partial charge in [-0.1, -0.05) is 74.5 Å². The zero-order chi connectivity index (χ0) is 28.3. The highest BCUT2D eigenvalue weighted by Gasteiger charge is 2.27. The largest absolute Gasteiger partial charge is 0.494 e. The maximum Gasteiger partial charge on any atom is 0.242 e. The van der Waals surface area contributed by atoms with Crippen LogP contribution in [0.1, 0.15) is 56.2 Å². The molecule has 0 aliphatic carbocycles. The quantitative estimate of drug-likeness (QED) is 0.197. The number of aromatic amines is 1. The molecule has 0 bridgehead atoms.